The van der Waals surface area contributed by atoms with E-state index in [4.69, 9.17) is 4.74 Å². The molecule has 1 aliphatic rings. The monoisotopic (exact) mass is 296 g/mol. The fourth-order valence-corrected chi connectivity index (χ4v) is 3.82. The summed E-state index contributed by atoms with van der Waals surface area (Å²) in [4.78, 5) is 12.8. The Kier molecular flexibility index (Phi) is 8.55. The third-order valence-electron chi connectivity index (χ3n) is 5.35. The van der Waals surface area contributed by atoms with Crippen LogP contribution in [0.1, 0.15) is 85.0 Å². The normalized spacial score (nSPS) is 26.2. The predicted molar refractivity (Wildman–Crippen MR) is 89.5 cm³/mol. The van der Waals surface area contributed by atoms with Crippen molar-refractivity contribution in [3.63, 3.8) is 0 Å². The van der Waals surface area contributed by atoms with Gasteiger partial charge in [0.15, 0.2) is 0 Å². The van der Waals surface area contributed by atoms with Crippen LogP contribution in [-0.2, 0) is 9.53 Å². The van der Waals surface area contributed by atoms with Crippen LogP contribution in [0.5, 0.6) is 0 Å². The van der Waals surface area contributed by atoms with E-state index in [-0.39, 0.29) is 5.41 Å². The quantitative estimate of drug-likeness (QED) is 0.505. The highest BCUT2D eigenvalue weighted by Gasteiger charge is 2.43. The molecular formula is C19H36O2. The zero-order chi connectivity index (χ0) is 15.7. The van der Waals surface area contributed by atoms with Gasteiger partial charge in [0, 0.05) is 13.5 Å². The largest absolute Gasteiger partial charge is 0.384 e. The van der Waals surface area contributed by atoms with Gasteiger partial charge in [-0.2, -0.15) is 0 Å². The van der Waals surface area contributed by atoms with Crippen LogP contribution >= 0.6 is 0 Å². The summed E-state index contributed by atoms with van der Waals surface area (Å²) in [6, 6.07) is 0. The maximum Gasteiger partial charge on any atom is 0.141 e. The van der Waals surface area contributed by atoms with Crippen molar-refractivity contribution in [3.8, 4) is 0 Å². The Morgan fingerprint density at radius 3 is 2.52 bits per heavy atom. The van der Waals surface area contributed by atoms with Crippen LogP contribution in [-0.4, -0.2) is 19.5 Å². The number of unbranched alkanes of at least 4 members (excludes halogenated alkanes) is 3. The van der Waals surface area contributed by atoms with E-state index in [9.17, 15) is 4.79 Å². The third-order valence-corrected chi connectivity index (χ3v) is 5.35. The van der Waals surface area contributed by atoms with Gasteiger partial charge in [-0.25, -0.2) is 0 Å². The number of rotatable bonds is 10. The van der Waals surface area contributed by atoms with Crippen molar-refractivity contribution in [2.24, 2.45) is 17.3 Å². The van der Waals surface area contributed by atoms with Crippen LogP contribution in [0.25, 0.3) is 0 Å². The van der Waals surface area contributed by atoms with Gasteiger partial charge >= 0.3 is 0 Å². The minimum atomic E-state index is -0.176. The summed E-state index contributed by atoms with van der Waals surface area (Å²) >= 11 is 0. The van der Waals surface area contributed by atoms with Gasteiger partial charge < -0.3 is 4.74 Å². The van der Waals surface area contributed by atoms with Crippen LogP contribution in [0, 0.1) is 17.3 Å². The average molecular weight is 296 g/mol. The zero-order valence-electron chi connectivity index (χ0n) is 14.7. The molecule has 1 rings (SSSR count). The number of carbonyl (C=O) groups excluding carboxylic acids is 1. The number of ether oxygens (including phenoxy) is 1. The molecule has 0 N–H and O–H groups in total. The Bertz CT molecular complexity index is 294. The van der Waals surface area contributed by atoms with E-state index in [1.807, 2.05) is 0 Å². The Morgan fingerprint density at radius 2 is 1.90 bits per heavy atom. The van der Waals surface area contributed by atoms with Gasteiger partial charge in [-0.15, -0.1) is 0 Å². The van der Waals surface area contributed by atoms with Crippen LogP contribution in [0.3, 0.4) is 0 Å². The molecule has 2 heteroatoms. The molecule has 0 spiro atoms. The Morgan fingerprint density at radius 1 is 1.19 bits per heavy atom. The first-order valence-electron chi connectivity index (χ1n) is 9.05. The second-order valence-corrected chi connectivity index (χ2v) is 7.51. The van der Waals surface area contributed by atoms with Gasteiger partial charge in [-0.1, -0.05) is 59.3 Å². The van der Waals surface area contributed by atoms with E-state index in [2.05, 4.69) is 20.8 Å². The molecule has 2 atom stereocenters. The van der Waals surface area contributed by atoms with Crippen molar-refractivity contribution >= 4 is 5.78 Å². The van der Waals surface area contributed by atoms with Crippen LogP contribution in [0.2, 0.25) is 0 Å². The number of Topliss-reactive ketones (excluding diaryl/α,β-unsaturated/α-hetero) is 1. The molecule has 1 saturated carbocycles. The van der Waals surface area contributed by atoms with Gasteiger partial charge in [0.05, 0.1) is 12.0 Å². The van der Waals surface area contributed by atoms with Crippen molar-refractivity contribution in [1.82, 2.24) is 0 Å². The van der Waals surface area contributed by atoms with Gasteiger partial charge in [-0.05, 0) is 31.1 Å². The molecular weight excluding hydrogens is 260 g/mol. The third kappa shape index (κ3) is 5.73. The molecule has 0 aromatic heterocycles. The summed E-state index contributed by atoms with van der Waals surface area (Å²) in [5.74, 6) is 1.76. The highest BCUT2D eigenvalue weighted by Crippen LogP contribution is 2.43. The fraction of sp³-hybridized carbons (Fsp3) is 0.947. The molecule has 2 unspecified atom stereocenters. The maximum atomic E-state index is 12.8. The Hall–Kier alpha value is -0.370. The molecule has 0 aromatic rings. The van der Waals surface area contributed by atoms with Gasteiger partial charge in [0.2, 0.25) is 0 Å². The highest BCUT2D eigenvalue weighted by molar-refractivity contribution is 5.85. The summed E-state index contributed by atoms with van der Waals surface area (Å²) in [6.45, 7) is 7.43. The van der Waals surface area contributed by atoms with Crippen LogP contribution in [0.15, 0.2) is 0 Å². The number of carbonyl (C=O) groups is 1. The van der Waals surface area contributed by atoms with Gasteiger partial charge in [0.25, 0.3) is 0 Å². The van der Waals surface area contributed by atoms with E-state index in [1.54, 1.807) is 7.11 Å². The molecule has 1 fully saturated rings. The van der Waals surface area contributed by atoms with Crippen LogP contribution in [0.4, 0.5) is 0 Å². The highest BCUT2D eigenvalue weighted by atomic mass is 16.5. The van der Waals surface area contributed by atoms with E-state index in [0.717, 1.165) is 25.2 Å². The van der Waals surface area contributed by atoms with Crippen molar-refractivity contribution in [1.29, 1.82) is 0 Å². The second kappa shape index (κ2) is 9.61. The van der Waals surface area contributed by atoms with Gasteiger partial charge in [-0.3, -0.25) is 4.79 Å². The molecule has 0 aliphatic heterocycles. The molecule has 2 nitrogen and oxygen atoms in total. The minimum Gasteiger partial charge on any atom is -0.384 e. The van der Waals surface area contributed by atoms with Crippen LogP contribution < -0.4 is 0 Å². The molecule has 0 heterocycles. The standard InChI is InChI=1S/C19H36O2/c1-16(2)11-7-5-6-8-13-18(20)19(15-21-4)14-10-9-12-17(19)3/h16-17H,5-15H2,1-4H3. The number of methoxy groups -OCH3 is 1. The Balaban J connectivity index is 2.36. The fourth-order valence-electron chi connectivity index (χ4n) is 3.82. The lowest BCUT2D eigenvalue weighted by molar-refractivity contribution is -0.138. The van der Waals surface area contributed by atoms with Crippen molar-refractivity contribution in [2.75, 3.05) is 13.7 Å². The molecule has 0 amide bonds. The van der Waals surface area contributed by atoms with Gasteiger partial charge in [0.1, 0.15) is 5.78 Å². The summed E-state index contributed by atoms with van der Waals surface area (Å²) < 4.78 is 5.43. The molecule has 0 bridgehead atoms. The van der Waals surface area contributed by atoms with E-state index < -0.39 is 0 Å². The number of hydrogen-bond acceptors (Lipinski definition) is 2. The van der Waals surface area contributed by atoms with E-state index in [0.29, 0.717) is 18.3 Å². The summed E-state index contributed by atoms with van der Waals surface area (Å²) in [5.41, 5.74) is -0.176. The lowest BCUT2D eigenvalue weighted by atomic mass is 9.64. The summed E-state index contributed by atoms with van der Waals surface area (Å²) in [7, 11) is 1.74. The zero-order valence-corrected chi connectivity index (χ0v) is 14.7. The smallest absolute Gasteiger partial charge is 0.141 e. The molecule has 0 radical (unpaired) electrons. The summed E-state index contributed by atoms with van der Waals surface area (Å²) in [5, 5.41) is 0. The maximum absolute atomic E-state index is 12.8. The van der Waals surface area contributed by atoms with E-state index >= 15 is 0 Å². The Labute approximate surface area is 132 Å². The molecule has 124 valence electrons. The first-order valence-corrected chi connectivity index (χ1v) is 9.05. The first kappa shape index (κ1) is 18.7. The summed E-state index contributed by atoms with van der Waals surface area (Å²) in [6.07, 6.45) is 11.6. The first-order chi connectivity index (χ1) is 10.0. The molecule has 1 aliphatic carbocycles. The topological polar surface area (TPSA) is 26.3 Å². The lowest BCUT2D eigenvalue weighted by Gasteiger charge is -2.41. The number of ketones is 1. The SMILES string of the molecule is COCC1(C(=O)CCCCCCC(C)C)CCCCC1C. The average Bonchev–Trinajstić information content (AvgIpc) is 2.45. The van der Waals surface area contributed by atoms with Crippen molar-refractivity contribution in [3.05, 3.63) is 0 Å². The molecule has 0 saturated heterocycles. The second-order valence-electron chi connectivity index (χ2n) is 7.51. The minimum absolute atomic E-state index is 0.176. The number of hydrogen-bond donors (Lipinski definition) is 0. The predicted octanol–water partition coefficient (Wildman–Crippen LogP) is 5.40. The van der Waals surface area contributed by atoms with E-state index in [1.165, 1.54) is 44.9 Å². The lowest BCUT2D eigenvalue weighted by Crippen LogP contribution is -2.43. The molecule has 21 heavy (non-hydrogen) atoms. The van der Waals surface area contributed by atoms with Crippen molar-refractivity contribution < 1.29 is 9.53 Å². The molecule has 0 aromatic carbocycles. The van der Waals surface area contributed by atoms with Crippen molar-refractivity contribution in [2.45, 2.75) is 85.0 Å².